The molecule has 3 rings (SSSR count). The average Bonchev–Trinajstić information content (AvgIpc) is 3.08. The van der Waals surface area contributed by atoms with E-state index in [1.54, 1.807) is 25.7 Å². The van der Waals surface area contributed by atoms with E-state index < -0.39 is 29.3 Å². The molecule has 1 aromatic rings. The number of likely N-dealkylation sites (tertiary alicyclic amines) is 1. The van der Waals surface area contributed by atoms with E-state index in [1.807, 2.05) is 0 Å². The maximum absolute atomic E-state index is 13.5. The molecule has 0 bridgehead atoms. The fourth-order valence-corrected chi connectivity index (χ4v) is 3.91. The highest BCUT2D eigenvalue weighted by atomic mass is 19.4. The second kappa shape index (κ2) is 8.47. The van der Waals surface area contributed by atoms with Crippen LogP contribution in [0, 0.1) is 5.92 Å². The lowest BCUT2D eigenvalue weighted by Gasteiger charge is -2.36. The van der Waals surface area contributed by atoms with Crippen molar-refractivity contribution >= 4 is 12.0 Å². The van der Waals surface area contributed by atoms with E-state index in [9.17, 15) is 22.8 Å². The quantitative estimate of drug-likeness (QED) is 0.684. The topological polar surface area (TPSA) is 49.9 Å². The lowest BCUT2D eigenvalue weighted by atomic mass is 9.84. The van der Waals surface area contributed by atoms with Crippen LogP contribution in [0.4, 0.5) is 18.0 Å². The molecule has 1 aliphatic carbocycles. The molecule has 2 amide bonds. The van der Waals surface area contributed by atoms with E-state index in [-0.39, 0.29) is 18.2 Å². The number of carbonyl (C=O) groups excluding carboxylic acids is 2. The lowest BCUT2D eigenvalue weighted by molar-refractivity contribution is -0.138. The number of ether oxygens (including phenoxy) is 1. The highest BCUT2D eigenvalue weighted by Crippen LogP contribution is 2.34. The van der Waals surface area contributed by atoms with Crippen LogP contribution in [0.25, 0.3) is 0 Å². The Balaban J connectivity index is 1.81. The van der Waals surface area contributed by atoms with E-state index in [0.717, 1.165) is 25.3 Å². The molecule has 166 valence electrons. The molecule has 0 N–H and O–H groups in total. The molecule has 1 saturated heterocycles. The van der Waals surface area contributed by atoms with Crippen molar-refractivity contribution in [2.45, 2.75) is 64.3 Å². The SMILES string of the molecule is CC(C)(C)OC(=O)N1CC[C@H](N(CC2CCC2)C(=O)c2ccccc2C(F)(F)F)C1. The summed E-state index contributed by atoms with van der Waals surface area (Å²) < 4.78 is 45.8. The van der Waals surface area contributed by atoms with Crippen LogP contribution in [0.1, 0.15) is 62.4 Å². The molecule has 0 spiro atoms. The Morgan fingerprint density at radius 3 is 2.37 bits per heavy atom. The number of hydrogen-bond acceptors (Lipinski definition) is 3. The summed E-state index contributed by atoms with van der Waals surface area (Å²) in [6.45, 7) is 6.42. The number of halogens is 3. The summed E-state index contributed by atoms with van der Waals surface area (Å²) in [6.07, 6.45) is -1.55. The van der Waals surface area contributed by atoms with Gasteiger partial charge in [0.25, 0.3) is 5.91 Å². The summed E-state index contributed by atoms with van der Waals surface area (Å²) >= 11 is 0. The van der Waals surface area contributed by atoms with Crippen molar-refractivity contribution in [3.05, 3.63) is 35.4 Å². The molecule has 0 unspecified atom stereocenters. The Kier molecular flexibility index (Phi) is 6.34. The van der Waals surface area contributed by atoms with Crippen molar-refractivity contribution in [3.63, 3.8) is 0 Å². The summed E-state index contributed by atoms with van der Waals surface area (Å²) in [4.78, 5) is 28.8. The third-order valence-corrected chi connectivity index (χ3v) is 5.66. The second-order valence-electron chi connectivity index (χ2n) is 9.17. The minimum Gasteiger partial charge on any atom is -0.444 e. The molecule has 0 radical (unpaired) electrons. The van der Waals surface area contributed by atoms with Crippen molar-refractivity contribution in [3.8, 4) is 0 Å². The van der Waals surface area contributed by atoms with Gasteiger partial charge in [-0.1, -0.05) is 18.6 Å². The van der Waals surface area contributed by atoms with Crippen molar-refractivity contribution in [2.75, 3.05) is 19.6 Å². The van der Waals surface area contributed by atoms with Crippen LogP contribution >= 0.6 is 0 Å². The maximum atomic E-state index is 13.5. The van der Waals surface area contributed by atoms with Gasteiger partial charge in [-0.25, -0.2) is 4.79 Å². The van der Waals surface area contributed by atoms with E-state index in [0.29, 0.717) is 25.4 Å². The van der Waals surface area contributed by atoms with E-state index >= 15 is 0 Å². The number of carbonyl (C=O) groups is 2. The first-order valence-corrected chi connectivity index (χ1v) is 10.4. The monoisotopic (exact) mass is 426 g/mol. The summed E-state index contributed by atoms with van der Waals surface area (Å²) in [7, 11) is 0. The Labute approximate surface area is 175 Å². The first-order valence-electron chi connectivity index (χ1n) is 10.4. The molecule has 1 aliphatic heterocycles. The first-order chi connectivity index (χ1) is 14.0. The standard InChI is InChI=1S/C22H29F3N2O3/c1-21(2,3)30-20(29)26-12-11-16(14-26)27(13-15-7-6-8-15)19(28)17-9-4-5-10-18(17)22(23,24)25/h4-5,9-10,15-16H,6-8,11-14H2,1-3H3/t16-/m0/s1. The zero-order valence-corrected chi connectivity index (χ0v) is 17.7. The van der Waals surface area contributed by atoms with Gasteiger partial charge in [0, 0.05) is 19.6 Å². The van der Waals surface area contributed by atoms with E-state index in [1.165, 1.54) is 23.1 Å². The van der Waals surface area contributed by atoms with E-state index in [2.05, 4.69) is 0 Å². The molecule has 0 aromatic heterocycles. The van der Waals surface area contributed by atoms with Crippen molar-refractivity contribution < 1.29 is 27.5 Å². The molecule has 1 aromatic carbocycles. The van der Waals surface area contributed by atoms with Crippen LogP contribution < -0.4 is 0 Å². The van der Waals surface area contributed by atoms with Crippen molar-refractivity contribution in [1.82, 2.24) is 9.80 Å². The molecule has 30 heavy (non-hydrogen) atoms. The summed E-state index contributed by atoms with van der Waals surface area (Å²) in [5, 5.41) is 0. The van der Waals surface area contributed by atoms with Gasteiger partial charge < -0.3 is 14.5 Å². The van der Waals surface area contributed by atoms with Gasteiger partial charge in [0.05, 0.1) is 17.2 Å². The van der Waals surface area contributed by atoms with Crippen LogP contribution in [0.5, 0.6) is 0 Å². The van der Waals surface area contributed by atoms with Gasteiger partial charge in [-0.05, 0) is 58.1 Å². The molecular formula is C22H29F3N2O3. The number of hydrogen-bond donors (Lipinski definition) is 0. The van der Waals surface area contributed by atoms with E-state index in [4.69, 9.17) is 4.74 Å². The van der Waals surface area contributed by atoms with Crippen LogP contribution in [0.2, 0.25) is 0 Å². The van der Waals surface area contributed by atoms with Crippen LogP contribution in [-0.4, -0.2) is 53.1 Å². The van der Waals surface area contributed by atoms with Gasteiger partial charge in [0.1, 0.15) is 5.60 Å². The molecule has 1 heterocycles. The maximum Gasteiger partial charge on any atom is 0.417 e. The molecule has 2 fully saturated rings. The molecule has 8 heteroatoms. The Hall–Kier alpha value is -2.25. The summed E-state index contributed by atoms with van der Waals surface area (Å²) in [6, 6.07) is 4.59. The van der Waals surface area contributed by atoms with Gasteiger partial charge >= 0.3 is 12.3 Å². The summed E-state index contributed by atoms with van der Waals surface area (Å²) in [5.74, 6) is -0.326. The normalized spacial score (nSPS) is 20.1. The lowest BCUT2D eigenvalue weighted by Crippen LogP contribution is -2.47. The Bertz CT molecular complexity index is 785. The third-order valence-electron chi connectivity index (χ3n) is 5.66. The third kappa shape index (κ3) is 5.26. The van der Waals surface area contributed by atoms with Crippen LogP contribution in [-0.2, 0) is 10.9 Å². The zero-order valence-electron chi connectivity index (χ0n) is 17.7. The first kappa shape index (κ1) is 22.4. The van der Waals surface area contributed by atoms with Crippen molar-refractivity contribution in [2.24, 2.45) is 5.92 Å². The molecular weight excluding hydrogens is 397 g/mol. The average molecular weight is 426 g/mol. The zero-order chi connectivity index (χ0) is 22.1. The minimum atomic E-state index is -4.60. The highest BCUT2D eigenvalue weighted by molar-refractivity contribution is 5.96. The molecule has 2 aliphatic rings. The van der Waals surface area contributed by atoms with Gasteiger partial charge in [0.2, 0.25) is 0 Å². The molecule has 1 saturated carbocycles. The smallest absolute Gasteiger partial charge is 0.417 e. The molecule has 1 atom stereocenters. The van der Waals surface area contributed by atoms with Gasteiger partial charge in [-0.15, -0.1) is 0 Å². The number of alkyl halides is 3. The Morgan fingerprint density at radius 2 is 1.80 bits per heavy atom. The fraction of sp³-hybridized carbons (Fsp3) is 0.636. The van der Waals surface area contributed by atoms with Gasteiger partial charge in [-0.2, -0.15) is 13.2 Å². The highest BCUT2D eigenvalue weighted by Gasteiger charge is 2.40. The molecule has 5 nitrogen and oxygen atoms in total. The number of benzene rings is 1. The largest absolute Gasteiger partial charge is 0.444 e. The predicted octanol–water partition coefficient (Wildman–Crippen LogP) is 4.96. The number of nitrogens with zero attached hydrogens (tertiary/aromatic N) is 2. The second-order valence-corrected chi connectivity index (χ2v) is 9.17. The number of amides is 2. The minimum absolute atomic E-state index is 0.265. The predicted molar refractivity (Wildman–Crippen MR) is 106 cm³/mol. The van der Waals surface area contributed by atoms with Crippen molar-refractivity contribution in [1.29, 1.82) is 0 Å². The van der Waals surface area contributed by atoms with Crippen LogP contribution in [0.3, 0.4) is 0 Å². The Morgan fingerprint density at radius 1 is 1.13 bits per heavy atom. The summed E-state index contributed by atoms with van der Waals surface area (Å²) in [5.41, 5.74) is -1.89. The van der Waals surface area contributed by atoms with Crippen LogP contribution in [0.15, 0.2) is 24.3 Å². The number of rotatable bonds is 4. The fourth-order valence-electron chi connectivity index (χ4n) is 3.91. The van der Waals surface area contributed by atoms with Gasteiger partial charge in [0.15, 0.2) is 0 Å². The van der Waals surface area contributed by atoms with Gasteiger partial charge in [-0.3, -0.25) is 4.79 Å².